The highest BCUT2D eigenvalue weighted by Gasteiger charge is 2.20. The number of tetrazole rings is 1. The monoisotopic (exact) mass is 490 g/mol. The maximum absolute atomic E-state index is 12.7. The highest BCUT2D eigenvalue weighted by molar-refractivity contribution is 8.00. The smallest absolute Gasteiger partial charge is 0.255 e. The number of phenols is 1. The van der Waals surface area contributed by atoms with E-state index in [1.165, 1.54) is 35.7 Å². The van der Waals surface area contributed by atoms with Crippen LogP contribution in [0.2, 0.25) is 0 Å². The SMILES string of the molecule is COc1ccccc1NC(=O)c1ccc(NC(=O)C(C)Sc2nnnn2-c2ccc(O)cc2)cc1. The van der Waals surface area contributed by atoms with E-state index in [4.69, 9.17) is 4.74 Å². The van der Waals surface area contributed by atoms with Gasteiger partial charge in [-0.05, 0) is 78.0 Å². The summed E-state index contributed by atoms with van der Waals surface area (Å²) in [6.45, 7) is 1.74. The molecule has 11 heteroatoms. The minimum absolute atomic E-state index is 0.132. The molecule has 0 radical (unpaired) electrons. The number of ether oxygens (including phenoxy) is 1. The maximum Gasteiger partial charge on any atom is 0.255 e. The topological polar surface area (TPSA) is 131 Å². The van der Waals surface area contributed by atoms with Gasteiger partial charge in [0.2, 0.25) is 11.1 Å². The van der Waals surface area contributed by atoms with Crippen molar-refractivity contribution >= 4 is 35.0 Å². The number of para-hydroxylation sites is 2. The number of nitrogens with zero attached hydrogens (tertiary/aromatic N) is 4. The molecule has 0 aliphatic carbocycles. The van der Waals surface area contributed by atoms with Crippen molar-refractivity contribution in [1.29, 1.82) is 0 Å². The third-order valence-corrected chi connectivity index (χ3v) is 5.99. The van der Waals surface area contributed by atoms with Gasteiger partial charge in [-0.2, -0.15) is 4.68 Å². The van der Waals surface area contributed by atoms with Gasteiger partial charge >= 0.3 is 0 Å². The van der Waals surface area contributed by atoms with Gasteiger partial charge in [0.05, 0.1) is 23.7 Å². The van der Waals surface area contributed by atoms with Gasteiger partial charge in [0.15, 0.2) is 0 Å². The van der Waals surface area contributed by atoms with Crippen LogP contribution in [-0.2, 0) is 4.79 Å². The summed E-state index contributed by atoms with van der Waals surface area (Å²) in [5, 5.41) is 26.7. The molecule has 1 unspecified atom stereocenters. The van der Waals surface area contributed by atoms with Crippen LogP contribution in [0.15, 0.2) is 78.0 Å². The second kappa shape index (κ2) is 10.7. The largest absolute Gasteiger partial charge is 0.508 e. The summed E-state index contributed by atoms with van der Waals surface area (Å²) in [6, 6.07) is 20.1. The van der Waals surface area contributed by atoms with Gasteiger partial charge in [-0.1, -0.05) is 23.9 Å². The number of thioether (sulfide) groups is 1. The normalized spacial score (nSPS) is 11.5. The molecule has 2 amide bonds. The Morgan fingerprint density at radius 2 is 1.71 bits per heavy atom. The summed E-state index contributed by atoms with van der Waals surface area (Å²) in [5.41, 5.74) is 2.21. The lowest BCUT2D eigenvalue weighted by atomic mass is 10.2. The fourth-order valence-electron chi connectivity index (χ4n) is 3.11. The van der Waals surface area contributed by atoms with Crippen LogP contribution >= 0.6 is 11.8 Å². The van der Waals surface area contributed by atoms with Crippen molar-refractivity contribution in [2.45, 2.75) is 17.3 Å². The van der Waals surface area contributed by atoms with Crippen LogP contribution in [0.1, 0.15) is 17.3 Å². The molecule has 0 aliphatic heterocycles. The number of anilines is 2. The standard InChI is InChI=1S/C24H22N6O4S/c1-15(35-24-27-28-29-30(24)18-11-13-19(31)14-12-18)22(32)25-17-9-7-16(8-10-17)23(33)26-20-5-3-4-6-21(20)34-2/h3-15,31H,1-2H3,(H,25,32)(H,26,33). The molecule has 0 spiro atoms. The lowest BCUT2D eigenvalue weighted by molar-refractivity contribution is -0.115. The maximum atomic E-state index is 12.7. The summed E-state index contributed by atoms with van der Waals surface area (Å²) < 4.78 is 6.74. The lowest BCUT2D eigenvalue weighted by Gasteiger charge is -2.13. The summed E-state index contributed by atoms with van der Waals surface area (Å²) in [6.07, 6.45) is 0. The molecule has 0 saturated carbocycles. The van der Waals surface area contributed by atoms with E-state index in [9.17, 15) is 14.7 Å². The minimum atomic E-state index is -0.509. The lowest BCUT2D eigenvalue weighted by Crippen LogP contribution is -2.23. The van der Waals surface area contributed by atoms with E-state index in [2.05, 4.69) is 26.2 Å². The molecule has 0 aliphatic rings. The number of methoxy groups -OCH3 is 1. The molecule has 178 valence electrons. The summed E-state index contributed by atoms with van der Waals surface area (Å²) in [4.78, 5) is 25.3. The van der Waals surface area contributed by atoms with E-state index in [1.54, 1.807) is 61.5 Å². The third-order valence-electron chi connectivity index (χ3n) is 4.96. The van der Waals surface area contributed by atoms with E-state index in [0.717, 1.165) is 0 Å². The van der Waals surface area contributed by atoms with Crippen LogP contribution in [0.5, 0.6) is 11.5 Å². The average molecular weight is 491 g/mol. The zero-order valence-corrected chi connectivity index (χ0v) is 19.7. The number of carbonyl (C=O) groups is 2. The first-order valence-electron chi connectivity index (χ1n) is 10.5. The van der Waals surface area contributed by atoms with E-state index < -0.39 is 5.25 Å². The van der Waals surface area contributed by atoms with Crippen LogP contribution in [0, 0.1) is 0 Å². The van der Waals surface area contributed by atoms with Crippen molar-refractivity contribution in [3.63, 3.8) is 0 Å². The zero-order valence-electron chi connectivity index (χ0n) is 18.9. The van der Waals surface area contributed by atoms with Crippen molar-refractivity contribution in [3.05, 3.63) is 78.4 Å². The molecule has 35 heavy (non-hydrogen) atoms. The summed E-state index contributed by atoms with van der Waals surface area (Å²) in [5.74, 6) is 0.151. The molecular formula is C24H22N6O4S. The van der Waals surface area contributed by atoms with Gasteiger partial charge in [0.1, 0.15) is 11.5 Å². The number of aromatic hydroxyl groups is 1. The number of carbonyl (C=O) groups excluding carboxylic acids is 2. The Kier molecular flexibility index (Phi) is 7.27. The Balaban J connectivity index is 1.37. The quantitative estimate of drug-likeness (QED) is 0.318. The zero-order chi connectivity index (χ0) is 24.8. The highest BCUT2D eigenvalue weighted by atomic mass is 32.2. The first-order chi connectivity index (χ1) is 16.9. The van der Waals surface area contributed by atoms with Crippen LogP contribution in [0.4, 0.5) is 11.4 Å². The first-order valence-corrected chi connectivity index (χ1v) is 11.4. The van der Waals surface area contributed by atoms with Gasteiger partial charge < -0.3 is 20.5 Å². The Hall–Kier alpha value is -4.38. The van der Waals surface area contributed by atoms with Gasteiger partial charge in [-0.25, -0.2) is 0 Å². The van der Waals surface area contributed by atoms with Crippen molar-refractivity contribution in [2.75, 3.05) is 17.7 Å². The molecule has 3 aromatic carbocycles. The Morgan fingerprint density at radius 1 is 1.00 bits per heavy atom. The molecule has 1 heterocycles. The minimum Gasteiger partial charge on any atom is -0.508 e. The molecule has 0 bridgehead atoms. The summed E-state index contributed by atoms with van der Waals surface area (Å²) in [7, 11) is 1.54. The van der Waals surface area contributed by atoms with E-state index in [1.807, 2.05) is 6.07 Å². The fourth-order valence-corrected chi connectivity index (χ4v) is 3.92. The van der Waals surface area contributed by atoms with Gasteiger partial charge in [-0.3, -0.25) is 9.59 Å². The average Bonchev–Trinajstić information content (AvgIpc) is 3.33. The highest BCUT2D eigenvalue weighted by Crippen LogP contribution is 2.26. The van der Waals surface area contributed by atoms with E-state index in [0.29, 0.717) is 33.5 Å². The molecule has 4 rings (SSSR count). The van der Waals surface area contributed by atoms with Crippen LogP contribution in [-0.4, -0.2) is 49.5 Å². The van der Waals surface area contributed by atoms with Gasteiger partial charge in [-0.15, -0.1) is 5.10 Å². The molecular weight excluding hydrogens is 468 g/mol. The number of phenolic OH excluding ortho intramolecular Hbond substituents is 1. The fraction of sp³-hybridized carbons (Fsp3) is 0.125. The van der Waals surface area contributed by atoms with E-state index >= 15 is 0 Å². The number of nitrogens with one attached hydrogen (secondary N) is 2. The van der Waals surface area contributed by atoms with E-state index in [-0.39, 0.29) is 17.6 Å². The van der Waals surface area contributed by atoms with Gasteiger partial charge in [0, 0.05) is 11.3 Å². The molecule has 1 aromatic heterocycles. The van der Waals surface area contributed by atoms with Crippen LogP contribution < -0.4 is 15.4 Å². The van der Waals surface area contributed by atoms with Crippen molar-refractivity contribution in [2.24, 2.45) is 0 Å². The second-order valence-electron chi connectivity index (χ2n) is 7.37. The number of benzene rings is 3. The Labute approximate surface area is 205 Å². The number of aromatic nitrogens is 4. The first kappa shape index (κ1) is 23.8. The molecule has 0 fully saturated rings. The third kappa shape index (κ3) is 5.76. The molecule has 1 atom stereocenters. The van der Waals surface area contributed by atoms with Crippen molar-refractivity contribution in [3.8, 4) is 17.2 Å². The van der Waals surface area contributed by atoms with Crippen LogP contribution in [0.25, 0.3) is 5.69 Å². The molecule has 10 nitrogen and oxygen atoms in total. The predicted molar refractivity (Wildman–Crippen MR) is 132 cm³/mol. The molecule has 0 saturated heterocycles. The summed E-state index contributed by atoms with van der Waals surface area (Å²) >= 11 is 1.19. The van der Waals surface area contributed by atoms with Gasteiger partial charge in [0.25, 0.3) is 5.91 Å². The van der Waals surface area contributed by atoms with Crippen LogP contribution in [0.3, 0.4) is 0 Å². The number of amides is 2. The Bertz CT molecular complexity index is 1320. The number of hydrogen-bond donors (Lipinski definition) is 3. The number of hydrogen-bond acceptors (Lipinski definition) is 8. The number of rotatable bonds is 8. The molecule has 4 aromatic rings. The Morgan fingerprint density at radius 3 is 2.43 bits per heavy atom. The second-order valence-corrected chi connectivity index (χ2v) is 8.68. The van der Waals surface area contributed by atoms with Crippen molar-refractivity contribution < 1.29 is 19.4 Å². The molecule has 3 N–H and O–H groups in total. The predicted octanol–water partition coefficient (Wildman–Crippen LogP) is 3.75. The van der Waals surface area contributed by atoms with Crippen molar-refractivity contribution in [1.82, 2.24) is 20.2 Å².